The molecule has 0 saturated carbocycles. The van der Waals surface area contributed by atoms with Crippen molar-refractivity contribution in [2.45, 2.75) is 23.5 Å². The van der Waals surface area contributed by atoms with E-state index in [1.807, 2.05) is 25.1 Å². The molecule has 0 bridgehead atoms. The fraction of sp³-hybridized carbons (Fsp3) is 0.316. The Morgan fingerprint density at radius 1 is 1.32 bits per heavy atom. The third kappa shape index (κ3) is 3.85. The molecular weight excluding hydrogens is 404 g/mol. The quantitative estimate of drug-likeness (QED) is 0.758. The molecule has 2 atom stereocenters. The molecule has 7 nitrogen and oxygen atoms in total. The van der Waals surface area contributed by atoms with Crippen molar-refractivity contribution in [1.82, 2.24) is 4.31 Å². The first-order valence-corrected chi connectivity index (χ1v) is 10.3. The Balaban J connectivity index is 1.89. The average Bonchev–Trinajstić information content (AvgIpc) is 3.01. The number of benzene rings is 2. The Kier molecular flexibility index (Phi) is 5.66. The highest BCUT2D eigenvalue weighted by atomic mass is 35.5. The minimum Gasteiger partial charge on any atom is -0.486 e. The Hall–Kier alpha value is -2.15. The molecule has 1 heterocycles. The van der Waals surface area contributed by atoms with Gasteiger partial charge >= 0.3 is 0 Å². The van der Waals surface area contributed by atoms with Crippen molar-refractivity contribution in [1.29, 1.82) is 5.26 Å². The highest BCUT2D eigenvalue weighted by molar-refractivity contribution is 7.89. The number of β-amino-alcohol motifs (C(OH)–C–C–N with tert-alkyl or cyclic N) is 1. The number of aliphatic hydroxyl groups excluding tert-OH is 1. The van der Waals surface area contributed by atoms with Gasteiger partial charge in [0.1, 0.15) is 22.4 Å². The molecule has 1 aliphatic heterocycles. The number of nitriles is 1. The van der Waals surface area contributed by atoms with Crippen LogP contribution in [0.5, 0.6) is 5.75 Å². The van der Waals surface area contributed by atoms with Crippen LogP contribution in [0.4, 0.5) is 0 Å². The van der Waals surface area contributed by atoms with E-state index in [2.05, 4.69) is 0 Å². The van der Waals surface area contributed by atoms with Crippen LogP contribution in [0.25, 0.3) is 0 Å². The zero-order chi connectivity index (χ0) is 20.5. The molecule has 1 aliphatic rings. The van der Waals surface area contributed by atoms with Crippen LogP contribution in [-0.2, 0) is 10.0 Å². The Bertz CT molecular complexity index is 1020. The maximum Gasteiger partial charge on any atom is 0.244 e. The van der Waals surface area contributed by atoms with Crippen molar-refractivity contribution in [2.75, 3.05) is 19.7 Å². The maximum atomic E-state index is 13.0. The summed E-state index contributed by atoms with van der Waals surface area (Å²) in [5.41, 5.74) is -0.509. The van der Waals surface area contributed by atoms with Crippen LogP contribution in [0.2, 0.25) is 5.02 Å². The van der Waals surface area contributed by atoms with E-state index in [0.29, 0.717) is 5.75 Å². The highest BCUT2D eigenvalue weighted by Crippen LogP contribution is 2.33. The molecule has 2 N–H and O–H groups in total. The number of nitrogens with zero attached hydrogens (tertiary/aromatic N) is 2. The predicted molar refractivity (Wildman–Crippen MR) is 103 cm³/mol. The predicted octanol–water partition coefficient (Wildman–Crippen LogP) is 1.70. The standard InChI is InChI=1S/C19H19ClN2O5S/c1-13-2-5-15(6-3-13)27-18-10-22(11-19(18,24)12-23)28(25,26)17-7-4-14(9-21)8-16(17)20/h2-8,18,23-24H,10-12H2,1H3/t18-,19+/m0/s1. The second kappa shape index (κ2) is 7.70. The van der Waals surface area contributed by atoms with Gasteiger partial charge in [0.25, 0.3) is 0 Å². The summed E-state index contributed by atoms with van der Waals surface area (Å²) in [6.07, 6.45) is -0.966. The molecule has 9 heteroatoms. The monoisotopic (exact) mass is 422 g/mol. The third-order valence-electron chi connectivity index (χ3n) is 4.67. The molecular formula is C19H19ClN2O5S. The Morgan fingerprint density at radius 3 is 2.57 bits per heavy atom. The van der Waals surface area contributed by atoms with Crippen LogP contribution in [0.1, 0.15) is 11.1 Å². The summed E-state index contributed by atoms with van der Waals surface area (Å²) in [4.78, 5) is -0.176. The lowest BCUT2D eigenvalue weighted by Gasteiger charge is -2.27. The zero-order valence-corrected chi connectivity index (χ0v) is 16.6. The van der Waals surface area contributed by atoms with Gasteiger partial charge < -0.3 is 14.9 Å². The van der Waals surface area contributed by atoms with Gasteiger partial charge in [-0.15, -0.1) is 0 Å². The van der Waals surface area contributed by atoms with E-state index in [4.69, 9.17) is 21.6 Å². The summed E-state index contributed by atoms with van der Waals surface area (Å²) in [5.74, 6) is 0.457. The van der Waals surface area contributed by atoms with Crippen LogP contribution in [0, 0.1) is 18.3 Å². The van der Waals surface area contributed by atoms with Crippen molar-refractivity contribution < 1.29 is 23.4 Å². The Morgan fingerprint density at radius 2 is 2.00 bits per heavy atom. The fourth-order valence-corrected chi connectivity index (χ4v) is 5.03. The van der Waals surface area contributed by atoms with Crippen LogP contribution in [0.3, 0.4) is 0 Å². The maximum absolute atomic E-state index is 13.0. The van der Waals surface area contributed by atoms with E-state index in [9.17, 15) is 18.6 Å². The van der Waals surface area contributed by atoms with Crippen LogP contribution in [0.15, 0.2) is 47.4 Å². The number of aryl methyl sites for hydroxylation is 1. The molecule has 0 aromatic heterocycles. The van der Waals surface area contributed by atoms with Crippen molar-refractivity contribution in [3.8, 4) is 11.8 Å². The molecule has 0 unspecified atom stereocenters. The van der Waals surface area contributed by atoms with Gasteiger partial charge in [-0.25, -0.2) is 8.42 Å². The van der Waals surface area contributed by atoms with Gasteiger partial charge in [-0.3, -0.25) is 0 Å². The lowest BCUT2D eigenvalue weighted by Crippen LogP contribution is -2.48. The van der Waals surface area contributed by atoms with Gasteiger partial charge in [-0.2, -0.15) is 9.57 Å². The van der Waals surface area contributed by atoms with Crippen molar-refractivity contribution in [2.24, 2.45) is 0 Å². The molecule has 0 aliphatic carbocycles. The van der Waals surface area contributed by atoms with Gasteiger partial charge in [0.15, 0.2) is 0 Å². The molecule has 2 aromatic carbocycles. The summed E-state index contributed by atoms with van der Waals surface area (Å²) in [7, 11) is -4.07. The normalized spacial score (nSPS) is 22.8. The van der Waals surface area contributed by atoms with E-state index in [1.54, 1.807) is 12.1 Å². The lowest BCUT2D eigenvalue weighted by molar-refractivity contribution is -0.0640. The second-order valence-electron chi connectivity index (χ2n) is 6.74. The SMILES string of the molecule is Cc1ccc(O[C@H]2CN(S(=O)(=O)c3ccc(C#N)cc3Cl)C[C@@]2(O)CO)cc1. The van der Waals surface area contributed by atoms with Crippen LogP contribution >= 0.6 is 11.6 Å². The molecule has 0 spiro atoms. The van der Waals surface area contributed by atoms with E-state index in [1.165, 1.54) is 18.2 Å². The van der Waals surface area contributed by atoms with E-state index in [0.717, 1.165) is 9.87 Å². The summed E-state index contributed by atoms with van der Waals surface area (Å²) < 4.78 is 32.8. The summed E-state index contributed by atoms with van der Waals surface area (Å²) in [6.45, 7) is 0.734. The second-order valence-corrected chi connectivity index (χ2v) is 9.05. The molecule has 3 rings (SSSR count). The third-order valence-corrected chi connectivity index (χ3v) is 6.97. The van der Waals surface area contributed by atoms with Gasteiger partial charge in [0, 0.05) is 6.54 Å². The molecule has 1 saturated heterocycles. The van der Waals surface area contributed by atoms with Crippen molar-refractivity contribution in [3.63, 3.8) is 0 Å². The molecule has 0 radical (unpaired) electrons. The summed E-state index contributed by atoms with van der Waals surface area (Å²) in [5, 5.41) is 29.3. The summed E-state index contributed by atoms with van der Waals surface area (Å²) >= 11 is 6.06. The number of hydrogen-bond acceptors (Lipinski definition) is 6. The Labute approximate surface area is 168 Å². The number of ether oxygens (including phenoxy) is 1. The topological polar surface area (TPSA) is 111 Å². The molecule has 148 valence electrons. The minimum absolute atomic E-state index is 0.0884. The number of rotatable bonds is 5. The largest absolute Gasteiger partial charge is 0.486 e. The molecule has 1 fully saturated rings. The van der Waals surface area contributed by atoms with Crippen molar-refractivity contribution in [3.05, 3.63) is 58.6 Å². The zero-order valence-electron chi connectivity index (χ0n) is 15.0. The molecule has 28 heavy (non-hydrogen) atoms. The van der Waals surface area contributed by atoms with Gasteiger partial charge in [-0.1, -0.05) is 29.3 Å². The first kappa shape index (κ1) is 20.6. The van der Waals surface area contributed by atoms with E-state index < -0.39 is 28.3 Å². The summed E-state index contributed by atoms with van der Waals surface area (Å²) in [6, 6.07) is 12.8. The van der Waals surface area contributed by atoms with Gasteiger partial charge in [0.2, 0.25) is 10.0 Å². The number of aliphatic hydroxyl groups is 2. The highest BCUT2D eigenvalue weighted by Gasteiger charge is 2.51. The molecule has 0 amide bonds. The first-order valence-electron chi connectivity index (χ1n) is 8.46. The number of sulfonamides is 1. The smallest absolute Gasteiger partial charge is 0.244 e. The van der Waals surface area contributed by atoms with Crippen LogP contribution < -0.4 is 4.74 Å². The van der Waals surface area contributed by atoms with Crippen molar-refractivity contribution >= 4 is 21.6 Å². The van der Waals surface area contributed by atoms with Crippen LogP contribution in [-0.4, -0.2) is 54.3 Å². The number of halogens is 1. The molecule has 2 aromatic rings. The fourth-order valence-electron chi connectivity index (χ4n) is 3.01. The minimum atomic E-state index is -4.07. The van der Waals surface area contributed by atoms with Gasteiger partial charge in [0.05, 0.1) is 29.8 Å². The first-order chi connectivity index (χ1) is 13.2. The van der Waals surface area contributed by atoms with Gasteiger partial charge in [-0.05, 0) is 37.3 Å². The van der Waals surface area contributed by atoms with E-state index >= 15 is 0 Å². The lowest BCUT2D eigenvalue weighted by atomic mass is 10.0. The number of hydrogen-bond donors (Lipinski definition) is 2. The van der Waals surface area contributed by atoms with E-state index in [-0.39, 0.29) is 28.6 Å². The average molecular weight is 423 g/mol.